The maximum atomic E-state index is 3.63. The van der Waals surface area contributed by atoms with Gasteiger partial charge in [0.1, 0.15) is 0 Å². The van der Waals surface area contributed by atoms with E-state index in [1.807, 2.05) is 72.8 Å². The summed E-state index contributed by atoms with van der Waals surface area (Å²) in [6.07, 6.45) is 8.39. The van der Waals surface area contributed by atoms with Gasteiger partial charge in [-0.1, -0.05) is 130 Å². The molecule has 2 aromatic carbocycles. The number of hydrogen-bond acceptors (Lipinski definition) is 0. The van der Waals surface area contributed by atoms with Crippen LogP contribution in [0, 0.1) is 0 Å². The van der Waals surface area contributed by atoms with Crippen molar-refractivity contribution in [2.45, 2.75) is 0 Å². The molecule has 0 aromatic heterocycles. The van der Waals surface area contributed by atoms with Crippen LogP contribution in [-0.4, -0.2) is 0 Å². The van der Waals surface area contributed by atoms with E-state index in [-0.39, 0.29) is 0 Å². The van der Waals surface area contributed by atoms with Gasteiger partial charge in [0.25, 0.3) is 0 Å². The van der Waals surface area contributed by atoms with Gasteiger partial charge in [-0.3, -0.25) is 0 Å². The molecule has 0 amide bonds. The van der Waals surface area contributed by atoms with Crippen LogP contribution in [0.1, 0.15) is 5.56 Å². The van der Waals surface area contributed by atoms with Crippen LogP contribution in [0.25, 0.3) is 6.08 Å². The Morgan fingerprint density at radius 2 is 0.727 bits per heavy atom. The van der Waals surface area contributed by atoms with Crippen molar-refractivity contribution < 1.29 is 0 Å². The first-order valence-electron chi connectivity index (χ1n) is 6.91. The molecule has 0 aliphatic carbocycles. The van der Waals surface area contributed by atoms with Gasteiger partial charge in [-0.05, 0) is 5.56 Å². The van der Waals surface area contributed by atoms with E-state index >= 15 is 0 Å². The first-order valence-corrected chi connectivity index (χ1v) is 6.91. The van der Waals surface area contributed by atoms with Gasteiger partial charge in [0, 0.05) is 0 Å². The average Bonchev–Trinajstić information content (AvgIpc) is 2.64. The van der Waals surface area contributed by atoms with Gasteiger partial charge in [-0.2, -0.15) is 0 Å². The second kappa shape index (κ2) is 20.5. The van der Waals surface area contributed by atoms with E-state index in [4.69, 9.17) is 0 Å². The molecule has 2 aromatic rings. The van der Waals surface area contributed by atoms with Crippen LogP contribution >= 0.6 is 0 Å². The fourth-order valence-corrected chi connectivity index (χ4v) is 0.974. The summed E-state index contributed by atoms with van der Waals surface area (Å²) in [6, 6.07) is 22.0. The molecule has 0 saturated carbocycles. The first-order chi connectivity index (χ1) is 10.8. The van der Waals surface area contributed by atoms with Crippen LogP contribution in [0.5, 0.6) is 0 Å². The van der Waals surface area contributed by atoms with Crippen molar-refractivity contribution in [3.05, 3.63) is 129 Å². The van der Waals surface area contributed by atoms with E-state index < -0.39 is 0 Å². The van der Waals surface area contributed by atoms with E-state index in [9.17, 15) is 0 Å². The summed E-state index contributed by atoms with van der Waals surface area (Å²) in [5, 5.41) is 0. The van der Waals surface area contributed by atoms with Crippen molar-refractivity contribution >= 4 is 6.08 Å². The molecule has 0 spiro atoms. The number of allylic oxidation sites excluding steroid dienone is 4. The van der Waals surface area contributed by atoms with Crippen molar-refractivity contribution in [1.29, 1.82) is 0 Å². The second-order valence-corrected chi connectivity index (χ2v) is 3.71. The molecular weight excluding hydrogens is 264 g/mol. The third-order valence-corrected chi connectivity index (χ3v) is 2.04. The summed E-state index contributed by atoms with van der Waals surface area (Å²) in [5.74, 6) is 0. The lowest BCUT2D eigenvalue weighted by atomic mass is 10.2. The third-order valence-electron chi connectivity index (χ3n) is 2.04. The Balaban J connectivity index is 0. The summed E-state index contributed by atoms with van der Waals surface area (Å²) in [7, 11) is 0. The van der Waals surface area contributed by atoms with E-state index in [2.05, 4.69) is 32.9 Å². The summed E-state index contributed by atoms with van der Waals surface area (Å²) in [4.78, 5) is 0. The van der Waals surface area contributed by atoms with E-state index in [0.29, 0.717) is 0 Å². The summed E-state index contributed by atoms with van der Waals surface area (Å²) in [6.45, 7) is 17.1. The second-order valence-electron chi connectivity index (χ2n) is 3.71. The zero-order valence-electron chi connectivity index (χ0n) is 13.3. The Hall–Kier alpha value is -2.86. The molecule has 0 N–H and O–H groups in total. The van der Waals surface area contributed by atoms with Gasteiger partial charge in [-0.25, -0.2) is 0 Å². The van der Waals surface area contributed by atoms with E-state index in [0.717, 1.165) is 0 Å². The third kappa shape index (κ3) is 19.5. The Bertz CT molecular complexity index is 441. The van der Waals surface area contributed by atoms with Gasteiger partial charge in [0.15, 0.2) is 0 Å². The highest BCUT2D eigenvalue weighted by Crippen LogP contribution is 1.97. The molecule has 0 fully saturated rings. The zero-order valence-corrected chi connectivity index (χ0v) is 13.3. The Morgan fingerprint density at radius 1 is 0.455 bits per heavy atom. The van der Waals surface area contributed by atoms with Crippen LogP contribution in [0.4, 0.5) is 0 Å². The van der Waals surface area contributed by atoms with Crippen molar-refractivity contribution in [3.8, 4) is 0 Å². The minimum atomic E-state index is 1.17. The number of benzene rings is 2. The molecular formula is C22H26. The molecule has 0 saturated heterocycles. The SMILES string of the molecule is C=CC=C.C=CC=C.C=Cc1ccccc1.c1ccccc1. The van der Waals surface area contributed by atoms with Gasteiger partial charge in [-0.15, -0.1) is 0 Å². The highest BCUT2D eigenvalue weighted by molar-refractivity contribution is 5.45. The minimum absolute atomic E-state index is 1.17. The standard InChI is InChI=1S/C8H8.C6H6.2C4H6/c1-2-8-6-4-3-5-7-8;1-2-4-6-5-3-1;2*1-3-4-2/h2-7H,1H2;1-6H;2*3-4H,1-2H2. The molecule has 0 heterocycles. The smallest absolute Gasteiger partial charge is 0.0263 e. The molecule has 0 heteroatoms. The maximum absolute atomic E-state index is 3.63. The summed E-state index contributed by atoms with van der Waals surface area (Å²) >= 11 is 0. The largest absolute Gasteiger partial charge is 0.0991 e. The van der Waals surface area contributed by atoms with Gasteiger partial charge >= 0.3 is 0 Å². The zero-order chi connectivity index (χ0) is 16.9. The monoisotopic (exact) mass is 290 g/mol. The van der Waals surface area contributed by atoms with E-state index in [1.165, 1.54) is 5.56 Å². The fourth-order valence-electron chi connectivity index (χ4n) is 0.974. The van der Waals surface area contributed by atoms with Crippen molar-refractivity contribution in [2.24, 2.45) is 0 Å². The van der Waals surface area contributed by atoms with Crippen LogP contribution in [0.3, 0.4) is 0 Å². The predicted octanol–water partition coefficient (Wildman–Crippen LogP) is 6.73. The lowest BCUT2D eigenvalue weighted by Gasteiger charge is -1.85. The molecule has 0 unspecified atom stereocenters. The minimum Gasteiger partial charge on any atom is -0.0991 e. The van der Waals surface area contributed by atoms with E-state index in [1.54, 1.807) is 24.3 Å². The molecule has 2 rings (SSSR count). The molecule has 22 heavy (non-hydrogen) atoms. The topological polar surface area (TPSA) is 0 Å². The summed E-state index contributed by atoms with van der Waals surface area (Å²) < 4.78 is 0. The number of rotatable bonds is 3. The molecule has 0 bridgehead atoms. The summed E-state index contributed by atoms with van der Waals surface area (Å²) in [5.41, 5.74) is 1.17. The Labute approximate surface area is 136 Å². The lowest BCUT2D eigenvalue weighted by Crippen LogP contribution is -1.63. The quantitative estimate of drug-likeness (QED) is 0.549. The molecule has 0 aliphatic rings. The molecule has 0 nitrogen and oxygen atoms in total. The van der Waals surface area contributed by atoms with Crippen LogP contribution in [0.2, 0.25) is 0 Å². The van der Waals surface area contributed by atoms with Crippen LogP contribution in [-0.2, 0) is 0 Å². The van der Waals surface area contributed by atoms with Crippen LogP contribution in [0.15, 0.2) is 124 Å². The number of hydrogen-bond donors (Lipinski definition) is 0. The predicted molar refractivity (Wildman–Crippen MR) is 104 cm³/mol. The maximum Gasteiger partial charge on any atom is -0.0263 e. The van der Waals surface area contributed by atoms with Gasteiger partial charge in [0.05, 0.1) is 0 Å². The molecule has 0 atom stereocenters. The van der Waals surface area contributed by atoms with Crippen molar-refractivity contribution in [1.82, 2.24) is 0 Å². The first kappa shape index (κ1) is 21.4. The Morgan fingerprint density at radius 3 is 0.909 bits per heavy atom. The van der Waals surface area contributed by atoms with Gasteiger partial charge < -0.3 is 0 Å². The molecule has 0 radical (unpaired) electrons. The van der Waals surface area contributed by atoms with Gasteiger partial charge in [0.2, 0.25) is 0 Å². The normalized spacial score (nSPS) is 7.09. The average molecular weight is 290 g/mol. The molecule has 0 aliphatic heterocycles. The Kier molecular flexibility index (Phi) is 19.9. The highest BCUT2D eigenvalue weighted by atomic mass is 13.8. The van der Waals surface area contributed by atoms with Crippen molar-refractivity contribution in [3.63, 3.8) is 0 Å². The fraction of sp³-hybridized carbons (Fsp3) is 0. The lowest BCUT2D eigenvalue weighted by molar-refractivity contribution is 1.67. The molecule has 114 valence electrons. The highest BCUT2D eigenvalue weighted by Gasteiger charge is 1.75. The van der Waals surface area contributed by atoms with Crippen molar-refractivity contribution in [2.75, 3.05) is 0 Å². The van der Waals surface area contributed by atoms with Crippen LogP contribution < -0.4 is 0 Å².